The number of anilines is 1. The average molecular weight is 383 g/mol. The Morgan fingerprint density at radius 2 is 1.86 bits per heavy atom. The minimum atomic E-state index is 0.295. The van der Waals surface area contributed by atoms with Crippen LogP contribution in [0, 0.1) is 0 Å². The van der Waals surface area contributed by atoms with E-state index in [0.717, 1.165) is 16.9 Å². The van der Waals surface area contributed by atoms with Crippen LogP contribution in [0.15, 0.2) is 83.6 Å². The number of fused-ring (bicyclic) bond motifs is 1. The normalized spacial score (nSPS) is 11.0. The van der Waals surface area contributed by atoms with Gasteiger partial charge in [-0.05, 0) is 29.8 Å². The Balaban J connectivity index is 1.45. The van der Waals surface area contributed by atoms with Gasteiger partial charge in [0.1, 0.15) is 12.4 Å². The van der Waals surface area contributed by atoms with Crippen molar-refractivity contribution in [2.45, 2.75) is 6.61 Å². The van der Waals surface area contributed by atoms with E-state index in [1.54, 1.807) is 29.1 Å². The highest BCUT2D eigenvalue weighted by atomic mass is 16.5. The fourth-order valence-corrected chi connectivity index (χ4v) is 3.05. The third-order valence-corrected chi connectivity index (χ3v) is 4.47. The summed E-state index contributed by atoms with van der Waals surface area (Å²) in [7, 11) is 0. The van der Waals surface area contributed by atoms with Crippen molar-refractivity contribution in [1.82, 2.24) is 19.6 Å². The number of benzene rings is 2. The summed E-state index contributed by atoms with van der Waals surface area (Å²) in [4.78, 5) is 8.91. The van der Waals surface area contributed by atoms with Crippen molar-refractivity contribution in [2.75, 3.05) is 5.73 Å². The van der Waals surface area contributed by atoms with Gasteiger partial charge in [-0.25, -0.2) is 14.5 Å². The molecule has 0 radical (unpaired) electrons. The summed E-state index contributed by atoms with van der Waals surface area (Å²) in [5.41, 5.74) is 9.28. The molecular weight excluding hydrogens is 366 g/mol. The smallest absolute Gasteiger partial charge is 0.218 e. The van der Waals surface area contributed by atoms with Crippen LogP contribution >= 0.6 is 0 Å². The number of nitrogen functional groups attached to an aromatic ring is 1. The predicted molar refractivity (Wildman–Crippen MR) is 109 cm³/mol. The van der Waals surface area contributed by atoms with Crippen LogP contribution in [0.1, 0.15) is 5.56 Å². The van der Waals surface area contributed by atoms with Crippen LogP contribution in [-0.4, -0.2) is 19.6 Å². The number of nitrogens with two attached hydrogens (primary N) is 1. The maximum absolute atomic E-state index is 6.14. The lowest BCUT2D eigenvalue weighted by Crippen LogP contribution is -2.00. The van der Waals surface area contributed by atoms with E-state index in [-0.39, 0.29) is 0 Å². The molecule has 0 saturated heterocycles. The maximum Gasteiger partial charge on any atom is 0.218 e. The highest BCUT2D eigenvalue weighted by molar-refractivity contribution is 5.69. The lowest BCUT2D eigenvalue weighted by atomic mass is 10.1. The molecule has 0 aliphatic carbocycles. The Kier molecular flexibility index (Phi) is 4.18. The third kappa shape index (κ3) is 3.41. The van der Waals surface area contributed by atoms with Crippen LogP contribution in [0.5, 0.6) is 5.75 Å². The lowest BCUT2D eigenvalue weighted by molar-refractivity contribution is 0.306. The predicted octanol–water partition coefficient (Wildman–Crippen LogP) is 4.21. The fraction of sp³-hybridized carbons (Fsp3) is 0.0455. The second-order valence-electron chi connectivity index (χ2n) is 6.49. The average Bonchev–Trinajstić information content (AvgIpc) is 3.43. The Morgan fingerprint density at radius 3 is 2.69 bits per heavy atom. The molecule has 7 nitrogen and oxygen atoms in total. The molecule has 7 heteroatoms. The van der Waals surface area contributed by atoms with E-state index in [1.165, 1.54) is 0 Å². The van der Waals surface area contributed by atoms with Crippen LogP contribution in [-0.2, 0) is 6.61 Å². The van der Waals surface area contributed by atoms with Gasteiger partial charge in [0.25, 0.3) is 0 Å². The fourth-order valence-electron chi connectivity index (χ4n) is 3.05. The summed E-state index contributed by atoms with van der Waals surface area (Å²) in [5.74, 6) is 2.08. The molecule has 0 bridgehead atoms. The van der Waals surface area contributed by atoms with Gasteiger partial charge in [0, 0.05) is 5.56 Å². The number of nitrogens with zero attached hydrogens (tertiary/aromatic N) is 4. The molecule has 3 heterocycles. The first-order valence-electron chi connectivity index (χ1n) is 9.10. The summed E-state index contributed by atoms with van der Waals surface area (Å²) in [5, 5.41) is 4.46. The SMILES string of the molecule is Nc1nc(-c2cccc(OCc3ccccc3)c2)cn2nc(-c3ccco3)nc12. The second kappa shape index (κ2) is 7.12. The van der Waals surface area contributed by atoms with Crippen LogP contribution in [0.25, 0.3) is 28.5 Å². The first-order valence-corrected chi connectivity index (χ1v) is 9.10. The molecule has 2 N–H and O–H groups in total. The molecule has 0 aliphatic rings. The van der Waals surface area contributed by atoms with Crippen molar-refractivity contribution in [3.05, 3.63) is 84.8 Å². The minimum Gasteiger partial charge on any atom is -0.489 e. The molecule has 0 unspecified atom stereocenters. The van der Waals surface area contributed by atoms with E-state index in [2.05, 4.69) is 15.1 Å². The Morgan fingerprint density at radius 1 is 0.966 bits per heavy atom. The van der Waals surface area contributed by atoms with E-state index in [4.69, 9.17) is 14.9 Å². The zero-order valence-electron chi connectivity index (χ0n) is 15.4. The number of aromatic nitrogens is 4. The van der Waals surface area contributed by atoms with Gasteiger partial charge in [-0.3, -0.25) is 0 Å². The van der Waals surface area contributed by atoms with Gasteiger partial charge in [-0.15, -0.1) is 5.10 Å². The second-order valence-corrected chi connectivity index (χ2v) is 6.49. The van der Waals surface area contributed by atoms with Gasteiger partial charge in [0.05, 0.1) is 18.2 Å². The van der Waals surface area contributed by atoms with Gasteiger partial charge in [-0.2, -0.15) is 0 Å². The molecule has 5 rings (SSSR count). The van der Waals surface area contributed by atoms with E-state index < -0.39 is 0 Å². The molecule has 0 spiro atoms. The molecule has 142 valence electrons. The lowest BCUT2D eigenvalue weighted by Gasteiger charge is -2.09. The van der Waals surface area contributed by atoms with Crippen molar-refractivity contribution in [3.63, 3.8) is 0 Å². The van der Waals surface area contributed by atoms with Gasteiger partial charge < -0.3 is 14.9 Å². The molecular formula is C22H17N5O2. The van der Waals surface area contributed by atoms with Crippen LogP contribution in [0.2, 0.25) is 0 Å². The zero-order chi connectivity index (χ0) is 19.6. The topological polar surface area (TPSA) is 91.5 Å². The van der Waals surface area contributed by atoms with Crippen molar-refractivity contribution in [1.29, 1.82) is 0 Å². The Hall–Kier alpha value is -4.13. The van der Waals surface area contributed by atoms with E-state index in [0.29, 0.717) is 35.4 Å². The van der Waals surface area contributed by atoms with Crippen molar-refractivity contribution < 1.29 is 9.15 Å². The highest BCUT2D eigenvalue weighted by Crippen LogP contribution is 2.26. The van der Waals surface area contributed by atoms with Gasteiger partial charge >= 0.3 is 0 Å². The van der Waals surface area contributed by atoms with Gasteiger partial charge in [0.15, 0.2) is 17.2 Å². The molecule has 0 amide bonds. The van der Waals surface area contributed by atoms with E-state index in [1.807, 2.05) is 54.6 Å². The summed E-state index contributed by atoms with van der Waals surface area (Å²) in [6.07, 6.45) is 3.37. The molecule has 3 aromatic heterocycles. The first kappa shape index (κ1) is 17.0. The standard InChI is InChI=1S/C22H17N5O2/c23-20-22-25-21(19-10-5-11-28-19)26-27(22)13-18(24-20)16-8-4-9-17(12-16)29-14-15-6-2-1-3-7-15/h1-13H,14H2,(H2,23,24). The quantitative estimate of drug-likeness (QED) is 0.489. The maximum atomic E-state index is 6.14. The first-order chi connectivity index (χ1) is 14.3. The molecule has 0 saturated carbocycles. The number of ether oxygens (including phenoxy) is 1. The largest absolute Gasteiger partial charge is 0.489 e. The summed E-state index contributed by atoms with van der Waals surface area (Å²) >= 11 is 0. The van der Waals surface area contributed by atoms with Gasteiger partial charge in [0.2, 0.25) is 5.82 Å². The number of hydrogen-bond acceptors (Lipinski definition) is 6. The molecule has 2 aromatic carbocycles. The molecule has 0 aliphatic heterocycles. The minimum absolute atomic E-state index is 0.295. The number of rotatable bonds is 5. The van der Waals surface area contributed by atoms with E-state index in [9.17, 15) is 0 Å². The third-order valence-electron chi connectivity index (χ3n) is 4.47. The highest BCUT2D eigenvalue weighted by Gasteiger charge is 2.14. The van der Waals surface area contributed by atoms with Crippen molar-refractivity contribution in [3.8, 4) is 28.6 Å². The van der Waals surface area contributed by atoms with E-state index >= 15 is 0 Å². The van der Waals surface area contributed by atoms with Crippen molar-refractivity contribution in [2.24, 2.45) is 0 Å². The Labute approximate surface area is 166 Å². The summed E-state index contributed by atoms with van der Waals surface area (Å²) in [6.45, 7) is 0.495. The van der Waals surface area contributed by atoms with Crippen LogP contribution in [0.3, 0.4) is 0 Å². The van der Waals surface area contributed by atoms with Gasteiger partial charge in [-0.1, -0.05) is 42.5 Å². The Bertz CT molecular complexity index is 1260. The summed E-state index contributed by atoms with van der Waals surface area (Å²) < 4.78 is 12.9. The van der Waals surface area contributed by atoms with Crippen LogP contribution in [0.4, 0.5) is 5.82 Å². The number of furan rings is 1. The monoisotopic (exact) mass is 383 g/mol. The number of hydrogen-bond donors (Lipinski definition) is 1. The summed E-state index contributed by atoms with van der Waals surface area (Å²) in [6, 6.07) is 21.3. The molecule has 29 heavy (non-hydrogen) atoms. The van der Waals surface area contributed by atoms with Crippen molar-refractivity contribution >= 4 is 11.5 Å². The van der Waals surface area contributed by atoms with Crippen LogP contribution < -0.4 is 10.5 Å². The molecule has 0 atom stereocenters. The molecule has 0 fully saturated rings. The zero-order valence-corrected chi connectivity index (χ0v) is 15.4. The molecule has 5 aromatic rings.